The topological polar surface area (TPSA) is 120 Å². The maximum atomic E-state index is 12.8. The van der Waals surface area contributed by atoms with E-state index in [1.54, 1.807) is 109 Å². The molecule has 0 saturated heterocycles. The molecule has 0 N–H and O–H groups in total. The highest BCUT2D eigenvalue weighted by Crippen LogP contribution is 2.26. The largest absolute Gasteiger partial charge is 0.423 e. The third-order valence-corrected chi connectivity index (χ3v) is 7.22. The van der Waals surface area contributed by atoms with Gasteiger partial charge in [0.15, 0.2) is 0 Å². The zero-order chi connectivity index (χ0) is 32.3. The van der Waals surface area contributed by atoms with Crippen LogP contribution in [-0.4, -0.2) is 23.0 Å². The molecule has 0 aromatic heterocycles. The smallest absolute Gasteiger partial charge is 0.343 e. The van der Waals surface area contributed by atoms with Crippen LogP contribution >= 0.6 is 11.8 Å². The van der Waals surface area contributed by atoms with Gasteiger partial charge in [0.2, 0.25) is 5.12 Å². The van der Waals surface area contributed by atoms with Crippen molar-refractivity contribution in [2.24, 2.45) is 0 Å². The first kappa shape index (κ1) is 31.2. The summed E-state index contributed by atoms with van der Waals surface area (Å²) in [6.45, 7) is 0. The number of benzene rings is 5. The first-order valence-electron chi connectivity index (χ1n) is 13.8. The van der Waals surface area contributed by atoms with Crippen LogP contribution in [0.2, 0.25) is 0 Å². The normalized spacial score (nSPS) is 10.7. The Morgan fingerprint density at radius 1 is 0.522 bits per heavy atom. The van der Waals surface area contributed by atoms with E-state index in [2.05, 4.69) is 0 Å². The van der Waals surface area contributed by atoms with Crippen LogP contribution in [-0.2, 0) is 4.79 Å². The minimum atomic E-state index is -0.616. The van der Waals surface area contributed by atoms with Crippen LogP contribution in [0, 0.1) is 11.3 Å². The number of nitriles is 1. The fourth-order valence-corrected chi connectivity index (χ4v) is 4.68. The number of carbonyl (C=O) groups is 4. The van der Waals surface area contributed by atoms with Crippen LogP contribution in [0.15, 0.2) is 144 Å². The Balaban J connectivity index is 1.14. The third kappa shape index (κ3) is 8.44. The van der Waals surface area contributed by atoms with Gasteiger partial charge in [-0.25, -0.2) is 14.4 Å². The number of ether oxygens (including phenoxy) is 3. The van der Waals surface area contributed by atoms with Crippen molar-refractivity contribution in [2.75, 3.05) is 0 Å². The van der Waals surface area contributed by atoms with E-state index in [9.17, 15) is 24.4 Å². The molecule has 0 aliphatic carbocycles. The molecule has 0 bridgehead atoms. The summed E-state index contributed by atoms with van der Waals surface area (Å²) in [7, 11) is 0. The summed E-state index contributed by atoms with van der Waals surface area (Å²) in [6.07, 6.45) is 1.44. The van der Waals surface area contributed by atoms with Crippen molar-refractivity contribution >= 4 is 40.9 Å². The number of nitrogens with zero attached hydrogens (tertiary/aromatic N) is 1. The van der Waals surface area contributed by atoms with Crippen LogP contribution in [0.4, 0.5) is 0 Å². The van der Waals surface area contributed by atoms with Crippen molar-refractivity contribution < 1.29 is 33.4 Å². The molecule has 0 atom stereocenters. The Hall–Kier alpha value is -6.24. The predicted octanol–water partition coefficient (Wildman–Crippen LogP) is 7.57. The standard InChI is InChI=1S/C37H23NO7S/c38-24-29(37(42)46-33-21-19-32(20-22-33)45-35(40)27-9-5-2-6-10-27)23-25-11-15-30(16-12-25)43-36(41)28-13-17-31(18-14-28)44-34(39)26-7-3-1-4-8-26/h1-23H/b29-23+. The van der Waals surface area contributed by atoms with Gasteiger partial charge in [-0.15, -0.1) is 0 Å². The molecule has 0 radical (unpaired) electrons. The van der Waals surface area contributed by atoms with E-state index in [4.69, 9.17) is 14.2 Å². The Kier molecular flexibility index (Phi) is 10.2. The second kappa shape index (κ2) is 15.0. The van der Waals surface area contributed by atoms with Gasteiger partial charge in [0.25, 0.3) is 0 Å². The van der Waals surface area contributed by atoms with Gasteiger partial charge in [-0.1, -0.05) is 48.5 Å². The molecule has 0 unspecified atom stereocenters. The molecule has 0 aliphatic heterocycles. The fourth-order valence-electron chi connectivity index (χ4n) is 3.98. The third-order valence-electron chi connectivity index (χ3n) is 6.31. The van der Waals surface area contributed by atoms with E-state index >= 15 is 0 Å². The highest BCUT2D eigenvalue weighted by Gasteiger charge is 2.14. The zero-order valence-electron chi connectivity index (χ0n) is 24.0. The SMILES string of the molecule is N#C/C(=C\c1ccc(OC(=O)c2ccc(OC(=O)c3ccccc3)cc2)cc1)C(=O)Sc1ccc(OC(=O)c2ccccc2)cc1. The summed E-state index contributed by atoms with van der Waals surface area (Å²) >= 11 is 0.864. The maximum absolute atomic E-state index is 12.8. The minimum Gasteiger partial charge on any atom is -0.423 e. The lowest BCUT2D eigenvalue weighted by Crippen LogP contribution is -2.10. The molecule has 5 aromatic carbocycles. The number of esters is 3. The molecule has 0 saturated carbocycles. The quantitative estimate of drug-likeness (QED) is 0.0537. The molecule has 0 heterocycles. The van der Waals surface area contributed by atoms with Crippen molar-refractivity contribution in [1.82, 2.24) is 0 Å². The lowest BCUT2D eigenvalue weighted by molar-refractivity contribution is -0.107. The second-order valence-electron chi connectivity index (χ2n) is 9.52. The van der Waals surface area contributed by atoms with E-state index in [0.717, 1.165) is 11.8 Å². The summed E-state index contributed by atoms with van der Waals surface area (Å²) in [4.78, 5) is 50.4. The molecule has 8 nitrogen and oxygen atoms in total. The molecule has 0 amide bonds. The van der Waals surface area contributed by atoms with Crippen molar-refractivity contribution in [3.05, 3.63) is 161 Å². The Morgan fingerprint density at radius 2 is 0.913 bits per heavy atom. The molecule has 224 valence electrons. The van der Waals surface area contributed by atoms with Crippen LogP contribution < -0.4 is 14.2 Å². The highest BCUT2D eigenvalue weighted by atomic mass is 32.2. The van der Waals surface area contributed by atoms with Crippen LogP contribution in [0.3, 0.4) is 0 Å². The highest BCUT2D eigenvalue weighted by molar-refractivity contribution is 8.14. The lowest BCUT2D eigenvalue weighted by Gasteiger charge is -2.07. The lowest BCUT2D eigenvalue weighted by atomic mass is 10.1. The molecule has 0 fully saturated rings. The monoisotopic (exact) mass is 625 g/mol. The van der Waals surface area contributed by atoms with Gasteiger partial charge in [0.05, 0.1) is 16.7 Å². The van der Waals surface area contributed by atoms with Gasteiger partial charge < -0.3 is 14.2 Å². The molecular weight excluding hydrogens is 602 g/mol. The van der Waals surface area contributed by atoms with E-state index < -0.39 is 23.0 Å². The first-order chi connectivity index (χ1) is 22.4. The van der Waals surface area contributed by atoms with E-state index in [1.165, 1.54) is 30.3 Å². The van der Waals surface area contributed by atoms with Gasteiger partial charge in [-0.2, -0.15) is 5.26 Å². The average molecular weight is 626 g/mol. The fraction of sp³-hybridized carbons (Fsp3) is 0. The summed E-state index contributed by atoms with van der Waals surface area (Å²) in [5, 5.41) is 9.14. The van der Waals surface area contributed by atoms with Crippen molar-refractivity contribution in [3.8, 4) is 23.3 Å². The molecule has 5 aromatic rings. The van der Waals surface area contributed by atoms with Gasteiger partial charge in [0.1, 0.15) is 28.9 Å². The van der Waals surface area contributed by atoms with E-state index in [-0.39, 0.29) is 22.6 Å². The number of hydrogen-bond donors (Lipinski definition) is 0. The van der Waals surface area contributed by atoms with Gasteiger partial charge in [-0.05, 0) is 108 Å². The number of carbonyl (C=O) groups excluding carboxylic acids is 4. The summed E-state index contributed by atoms with van der Waals surface area (Å²) in [5.74, 6) is -0.760. The van der Waals surface area contributed by atoms with Crippen LogP contribution in [0.1, 0.15) is 36.6 Å². The molecule has 0 aliphatic rings. The first-order valence-corrected chi connectivity index (χ1v) is 14.6. The number of thioether (sulfide) groups is 1. The Morgan fingerprint density at radius 3 is 1.35 bits per heavy atom. The molecule has 46 heavy (non-hydrogen) atoms. The molecule has 5 rings (SSSR count). The molecule has 0 spiro atoms. The van der Waals surface area contributed by atoms with Crippen LogP contribution in [0.25, 0.3) is 6.08 Å². The summed E-state index contributed by atoms with van der Waals surface area (Å²) in [6, 6.07) is 37.7. The zero-order valence-corrected chi connectivity index (χ0v) is 24.8. The van der Waals surface area contributed by atoms with Crippen LogP contribution in [0.5, 0.6) is 17.2 Å². The van der Waals surface area contributed by atoms with E-state index in [1.807, 2.05) is 6.07 Å². The number of rotatable bonds is 9. The number of hydrogen-bond acceptors (Lipinski definition) is 9. The minimum absolute atomic E-state index is 0.0811. The van der Waals surface area contributed by atoms with Gasteiger partial charge in [0, 0.05) is 4.90 Å². The average Bonchev–Trinajstić information content (AvgIpc) is 3.09. The molecule has 9 heteroatoms. The second-order valence-corrected chi connectivity index (χ2v) is 10.6. The van der Waals surface area contributed by atoms with E-state index in [0.29, 0.717) is 27.3 Å². The summed E-state index contributed by atoms with van der Waals surface area (Å²) in [5.41, 5.74) is 1.55. The van der Waals surface area contributed by atoms with Crippen molar-refractivity contribution in [1.29, 1.82) is 5.26 Å². The maximum Gasteiger partial charge on any atom is 0.343 e. The predicted molar refractivity (Wildman–Crippen MR) is 172 cm³/mol. The Labute approximate surface area is 268 Å². The Bertz CT molecular complexity index is 1930. The van der Waals surface area contributed by atoms with Gasteiger partial charge in [-0.3, -0.25) is 4.79 Å². The van der Waals surface area contributed by atoms with Crippen molar-refractivity contribution in [2.45, 2.75) is 4.90 Å². The molecular formula is C37H23NO7S. The summed E-state index contributed by atoms with van der Waals surface area (Å²) < 4.78 is 16.1. The van der Waals surface area contributed by atoms with Crippen molar-refractivity contribution in [3.63, 3.8) is 0 Å². The van der Waals surface area contributed by atoms with Gasteiger partial charge >= 0.3 is 17.9 Å².